The summed E-state index contributed by atoms with van der Waals surface area (Å²) in [7, 11) is 0. The number of hydrogen-bond donors (Lipinski definition) is 3. The molecule has 1 amide bonds. The summed E-state index contributed by atoms with van der Waals surface area (Å²) in [4.78, 5) is 12.2. The van der Waals surface area contributed by atoms with Crippen LogP contribution in [0.25, 0.3) is 0 Å². The molecule has 0 saturated heterocycles. The van der Waals surface area contributed by atoms with Crippen molar-refractivity contribution in [1.29, 1.82) is 0 Å². The third-order valence-corrected chi connectivity index (χ3v) is 4.08. The fraction of sp³-hybridized carbons (Fsp3) is 0.533. The van der Waals surface area contributed by atoms with Crippen molar-refractivity contribution < 1.29 is 9.90 Å². The summed E-state index contributed by atoms with van der Waals surface area (Å²) in [6.45, 7) is 0. The van der Waals surface area contributed by atoms with E-state index >= 15 is 0 Å². The van der Waals surface area contributed by atoms with Crippen LogP contribution in [0.3, 0.4) is 0 Å². The number of para-hydroxylation sites is 1. The lowest BCUT2D eigenvalue weighted by atomic mass is 9.93. The van der Waals surface area contributed by atoms with E-state index in [1.165, 1.54) is 5.56 Å². The SMILES string of the molecule is O=C(NC1CCCC(O)C1)[C@@H]1Cc2ccccc2N1. The number of benzene rings is 1. The van der Waals surface area contributed by atoms with Gasteiger partial charge in [0.2, 0.25) is 5.91 Å². The van der Waals surface area contributed by atoms with Gasteiger partial charge in [-0.3, -0.25) is 4.79 Å². The van der Waals surface area contributed by atoms with Crippen molar-refractivity contribution in [3.05, 3.63) is 29.8 Å². The van der Waals surface area contributed by atoms with Crippen LogP contribution in [-0.2, 0) is 11.2 Å². The monoisotopic (exact) mass is 260 g/mol. The molecule has 0 bridgehead atoms. The Bertz CT molecular complexity index is 450. The molecule has 3 atom stereocenters. The second-order valence-electron chi connectivity index (χ2n) is 5.58. The number of rotatable bonds is 2. The number of fused-ring (bicyclic) bond motifs is 1. The number of amides is 1. The average molecular weight is 260 g/mol. The van der Waals surface area contributed by atoms with E-state index in [1.807, 2.05) is 18.2 Å². The highest BCUT2D eigenvalue weighted by molar-refractivity contribution is 5.87. The molecule has 0 aromatic heterocycles. The molecule has 0 spiro atoms. The average Bonchev–Trinajstić information content (AvgIpc) is 2.82. The first kappa shape index (κ1) is 12.5. The molecule has 3 rings (SSSR count). The highest BCUT2D eigenvalue weighted by Crippen LogP contribution is 2.25. The number of anilines is 1. The molecule has 1 aromatic carbocycles. The van der Waals surface area contributed by atoms with Crippen LogP contribution in [0.15, 0.2) is 24.3 Å². The van der Waals surface area contributed by atoms with Crippen LogP contribution in [0, 0.1) is 0 Å². The van der Waals surface area contributed by atoms with E-state index in [0.717, 1.165) is 31.4 Å². The van der Waals surface area contributed by atoms with Crippen molar-refractivity contribution in [2.24, 2.45) is 0 Å². The normalized spacial score (nSPS) is 29.4. The Morgan fingerprint density at radius 1 is 1.32 bits per heavy atom. The minimum Gasteiger partial charge on any atom is -0.393 e. The maximum atomic E-state index is 12.2. The van der Waals surface area contributed by atoms with Gasteiger partial charge >= 0.3 is 0 Å². The highest BCUT2D eigenvalue weighted by atomic mass is 16.3. The molecule has 1 heterocycles. The fourth-order valence-electron chi connectivity index (χ4n) is 3.05. The highest BCUT2D eigenvalue weighted by Gasteiger charge is 2.29. The summed E-state index contributed by atoms with van der Waals surface area (Å²) in [5.41, 5.74) is 2.26. The maximum Gasteiger partial charge on any atom is 0.243 e. The standard InChI is InChI=1S/C15H20N2O2/c18-12-6-3-5-11(9-12)16-15(19)14-8-10-4-1-2-7-13(10)17-14/h1-2,4,7,11-12,14,17-18H,3,5-6,8-9H2,(H,16,19)/t11?,12?,14-/m0/s1. The lowest BCUT2D eigenvalue weighted by Crippen LogP contribution is -2.46. The Balaban J connectivity index is 1.58. The smallest absolute Gasteiger partial charge is 0.243 e. The van der Waals surface area contributed by atoms with Crippen LogP contribution < -0.4 is 10.6 Å². The van der Waals surface area contributed by atoms with Crippen LogP contribution >= 0.6 is 0 Å². The van der Waals surface area contributed by atoms with Crippen molar-refractivity contribution in [3.8, 4) is 0 Å². The van der Waals surface area contributed by atoms with Crippen LogP contribution in [0.5, 0.6) is 0 Å². The lowest BCUT2D eigenvalue weighted by Gasteiger charge is -2.27. The van der Waals surface area contributed by atoms with Gasteiger partial charge in [-0.1, -0.05) is 18.2 Å². The van der Waals surface area contributed by atoms with E-state index in [-0.39, 0.29) is 24.1 Å². The van der Waals surface area contributed by atoms with E-state index < -0.39 is 0 Å². The summed E-state index contributed by atoms with van der Waals surface area (Å²) >= 11 is 0. The van der Waals surface area contributed by atoms with E-state index in [1.54, 1.807) is 0 Å². The van der Waals surface area contributed by atoms with Crippen LogP contribution in [0.4, 0.5) is 5.69 Å². The van der Waals surface area contributed by atoms with Crippen molar-refractivity contribution in [2.75, 3.05) is 5.32 Å². The van der Waals surface area contributed by atoms with Crippen molar-refractivity contribution >= 4 is 11.6 Å². The molecule has 19 heavy (non-hydrogen) atoms. The lowest BCUT2D eigenvalue weighted by molar-refractivity contribution is -0.122. The number of aliphatic hydroxyl groups is 1. The minimum absolute atomic E-state index is 0.0512. The topological polar surface area (TPSA) is 61.4 Å². The third kappa shape index (κ3) is 2.73. The molecule has 1 saturated carbocycles. The number of nitrogens with one attached hydrogen (secondary N) is 2. The quantitative estimate of drug-likeness (QED) is 0.754. The van der Waals surface area contributed by atoms with E-state index in [0.29, 0.717) is 6.42 Å². The predicted molar refractivity (Wildman–Crippen MR) is 74.0 cm³/mol. The number of carbonyl (C=O) groups excluding carboxylic acids is 1. The van der Waals surface area contributed by atoms with Gasteiger partial charge in [0.25, 0.3) is 0 Å². The fourth-order valence-corrected chi connectivity index (χ4v) is 3.05. The number of carbonyl (C=O) groups is 1. The summed E-state index contributed by atoms with van der Waals surface area (Å²) in [5, 5.41) is 16.0. The predicted octanol–water partition coefficient (Wildman–Crippen LogP) is 1.44. The Hall–Kier alpha value is -1.55. The first-order chi connectivity index (χ1) is 9.22. The van der Waals surface area contributed by atoms with E-state index in [2.05, 4.69) is 16.7 Å². The molecule has 102 valence electrons. The van der Waals surface area contributed by atoms with Gasteiger partial charge in [0, 0.05) is 18.2 Å². The summed E-state index contributed by atoms with van der Waals surface area (Å²) in [6, 6.07) is 7.99. The van der Waals surface area contributed by atoms with Gasteiger partial charge in [0.05, 0.1) is 6.10 Å². The van der Waals surface area contributed by atoms with Gasteiger partial charge in [-0.05, 0) is 37.3 Å². The Labute approximate surface area is 113 Å². The molecule has 4 heteroatoms. The minimum atomic E-state index is -0.257. The van der Waals surface area contributed by atoms with Gasteiger partial charge < -0.3 is 15.7 Å². The van der Waals surface area contributed by atoms with Crippen LogP contribution in [0.2, 0.25) is 0 Å². The van der Waals surface area contributed by atoms with Gasteiger partial charge in [-0.15, -0.1) is 0 Å². The largest absolute Gasteiger partial charge is 0.393 e. The Morgan fingerprint density at radius 2 is 2.16 bits per heavy atom. The molecule has 1 aromatic rings. The molecule has 2 unspecified atom stereocenters. The molecule has 3 N–H and O–H groups in total. The zero-order chi connectivity index (χ0) is 13.2. The molecular formula is C15H20N2O2. The maximum absolute atomic E-state index is 12.2. The molecule has 1 fully saturated rings. The molecule has 2 aliphatic rings. The second-order valence-corrected chi connectivity index (χ2v) is 5.58. The van der Waals surface area contributed by atoms with Crippen molar-refractivity contribution in [3.63, 3.8) is 0 Å². The van der Waals surface area contributed by atoms with Gasteiger partial charge in [0.1, 0.15) is 6.04 Å². The summed E-state index contributed by atoms with van der Waals surface area (Å²) in [6.07, 6.45) is 4.00. The van der Waals surface area contributed by atoms with Crippen molar-refractivity contribution in [1.82, 2.24) is 5.32 Å². The Morgan fingerprint density at radius 3 is 2.95 bits per heavy atom. The van der Waals surface area contributed by atoms with Crippen LogP contribution in [0.1, 0.15) is 31.2 Å². The zero-order valence-corrected chi connectivity index (χ0v) is 10.9. The summed E-state index contributed by atoms with van der Waals surface area (Å²) in [5.74, 6) is 0.0512. The van der Waals surface area contributed by atoms with E-state index in [4.69, 9.17) is 0 Å². The third-order valence-electron chi connectivity index (χ3n) is 4.08. The first-order valence-corrected chi connectivity index (χ1v) is 7.05. The molecular weight excluding hydrogens is 240 g/mol. The molecule has 1 aliphatic heterocycles. The molecule has 4 nitrogen and oxygen atoms in total. The summed E-state index contributed by atoms with van der Waals surface area (Å²) < 4.78 is 0. The second kappa shape index (κ2) is 5.21. The molecule has 1 aliphatic carbocycles. The van der Waals surface area contributed by atoms with Crippen LogP contribution in [-0.4, -0.2) is 29.2 Å². The van der Waals surface area contributed by atoms with Crippen molar-refractivity contribution in [2.45, 2.75) is 50.3 Å². The first-order valence-electron chi connectivity index (χ1n) is 7.05. The Kier molecular flexibility index (Phi) is 3.42. The zero-order valence-electron chi connectivity index (χ0n) is 10.9. The number of hydrogen-bond acceptors (Lipinski definition) is 3. The van der Waals surface area contributed by atoms with Gasteiger partial charge in [-0.2, -0.15) is 0 Å². The number of aliphatic hydroxyl groups excluding tert-OH is 1. The van der Waals surface area contributed by atoms with E-state index in [9.17, 15) is 9.90 Å². The molecule has 0 radical (unpaired) electrons. The van der Waals surface area contributed by atoms with Gasteiger partial charge in [-0.25, -0.2) is 0 Å². The van der Waals surface area contributed by atoms with Gasteiger partial charge in [0.15, 0.2) is 0 Å².